The van der Waals surface area contributed by atoms with Gasteiger partial charge in [0.2, 0.25) is 5.91 Å². The molecule has 0 radical (unpaired) electrons. The predicted octanol–water partition coefficient (Wildman–Crippen LogP) is 5.77. The molecular weight excluding hydrogens is 515 g/mol. The van der Waals surface area contributed by atoms with Crippen LogP contribution in [0.5, 0.6) is 5.75 Å². The molecule has 3 rings (SSSR count). The van der Waals surface area contributed by atoms with E-state index in [1.54, 1.807) is 24.8 Å². The summed E-state index contributed by atoms with van der Waals surface area (Å²) in [5, 5.41) is 0.295. The van der Waals surface area contributed by atoms with E-state index in [1.807, 2.05) is 24.3 Å². The summed E-state index contributed by atoms with van der Waals surface area (Å²) in [6.45, 7) is 9.32. The van der Waals surface area contributed by atoms with Gasteiger partial charge in [-0.25, -0.2) is 9.79 Å². The van der Waals surface area contributed by atoms with Crippen molar-refractivity contribution in [3.8, 4) is 5.75 Å². The molecule has 7 nitrogen and oxygen atoms in total. The number of alkyl halides is 1. The molecule has 37 heavy (non-hydrogen) atoms. The fourth-order valence-electron chi connectivity index (χ4n) is 4.27. The monoisotopic (exact) mass is 548 g/mol. The molecule has 9 heteroatoms. The highest BCUT2D eigenvalue weighted by Gasteiger charge is 2.38. The van der Waals surface area contributed by atoms with Gasteiger partial charge in [0.25, 0.3) is 0 Å². The highest BCUT2D eigenvalue weighted by atomic mass is 35.5. The summed E-state index contributed by atoms with van der Waals surface area (Å²) in [6, 6.07) is 7.36. The first kappa shape index (κ1) is 29.0. The quantitative estimate of drug-likeness (QED) is 0.109. The average molecular weight is 549 g/mol. The fourth-order valence-corrected chi connectivity index (χ4v) is 4.43. The van der Waals surface area contributed by atoms with Crippen LogP contribution in [0.4, 0.5) is 0 Å². The lowest BCUT2D eigenvalue weighted by Crippen LogP contribution is -2.43. The van der Waals surface area contributed by atoms with E-state index in [-0.39, 0.29) is 25.0 Å². The number of aliphatic imine (C=N–C) groups is 1. The van der Waals surface area contributed by atoms with Crippen LogP contribution in [0.1, 0.15) is 45.1 Å². The van der Waals surface area contributed by atoms with Gasteiger partial charge in [-0.1, -0.05) is 36.4 Å². The summed E-state index contributed by atoms with van der Waals surface area (Å²) < 4.78 is 17.1. The smallest absolute Gasteiger partial charge is 0.336 e. The molecule has 2 aliphatic heterocycles. The predicted molar refractivity (Wildman–Crippen MR) is 146 cm³/mol. The van der Waals surface area contributed by atoms with E-state index in [1.165, 1.54) is 6.21 Å². The molecule has 0 aliphatic carbocycles. The molecule has 2 heterocycles. The van der Waals surface area contributed by atoms with E-state index in [2.05, 4.69) is 11.6 Å². The van der Waals surface area contributed by atoms with Crippen molar-refractivity contribution in [1.29, 1.82) is 0 Å². The lowest BCUT2D eigenvalue weighted by molar-refractivity contribution is -0.142. The minimum atomic E-state index is -0.566. The number of nitrogens with zero attached hydrogens (tertiary/aromatic N) is 2. The second-order valence-electron chi connectivity index (χ2n) is 8.95. The van der Waals surface area contributed by atoms with Crippen LogP contribution >= 0.6 is 23.2 Å². The van der Waals surface area contributed by atoms with E-state index in [0.717, 1.165) is 30.6 Å². The number of hydrogen-bond donors (Lipinski definition) is 0. The maximum absolute atomic E-state index is 13.4. The van der Waals surface area contributed by atoms with Gasteiger partial charge in [-0.2, -0.15) is 0 Å². The molecular formula is C28H34Cl2N2O5. The SMILES string of the molecule is C=C(C=N/C(Cl)=C\C)[C@@H]1CC(=O)N(C[C@H]2CCCO2)C(C)=C1C(=O)OCc1ccc(OCCCCl)cc1. The van der Waals surface area contributed by atoms with Gasteiger partial charge in [0.05, 0.1) is 24.8 Å². The van der Waals surface area contributed by atoms with Gasteiger partial charge in [-0.15, -0.1) is 11.6 Å². The Kier molecular flexibility index (Phi) is 11.2. The Hall–Kier alpha value is -2.61. The van der Waals surface area contributed by atoms with Crippen molar-refractivity contribution in [3.63, 3.8) is 0 Å². The summed E-state index contributed by atoms with van der Waals surface area (Å²) in [4.78, 5) is 32.3. The zero-order chi connectivity index (χ0) is 26.8. The Bertz CT molecular complexity index is 1060. The number of benzene rings is 1. The molecule has 0 N–H and O–H groups in total. The summed E-state index contributed by atoms with van der Waals surface area (Å²) in [6.07, 6.45) is 5.79. The van der Waals surface area contributed by atoms with Crippen LogP contribution in [0, 0.1) is 5.92 Å². The van der Waals surface area contributed by atoms with E-state index in [9.17, 15) is 9.59 Å². The maximum Gasteiger partial charge on any atom is 0.336 e. The molecule has 0 spiro atoms. The minimum Gasteiger partial charge on any atom is -0.494 e. The molecule has 2 aliphatic rings. The molecule has 1 saturated heterocycles. The molecule has 1 aromatic carbocycles. The van der Waals surface area contributed by atoms with Gasteiger partial charge >= 0.3 is 5.97 Å². The number of carbonyl (C=O) groups is 2. The molecule has 0 unspecified atom stereocenters. The van der Waals surface area contributed by atoms with E-state index >= 15 is 0 Å². The van der Waals surface area contributed by atoms with Gasteiger partial charge in [0.1, 0.15) is 17.5 Å². The molecule has 200 valence electrons. The highest BCUT2D eigenvalue weighted by molar-refractivity contribution is 6.29. The number of carbonyl (C=O) groups excluding carboxylic acids is 2. The van der Waals surface area contributed by atoms with Gasteiger partial charge < -0.3 is 19.1 Å². The number of hydrogen-bond acceptors (Lipinski definition) is 6. The number of amides is 1. The number of halogens is 2. The van der Waals surface area contributed by atoms with Crippen molar-refractivity contribution < 1.29 is 23.8 Å². The van der Waals surface area contributed by atoms with Gasteiger partial charge in [-0.3, -0.25) is 4.79 Å². The van der Waals surface area contributed by atoms with Crippen molar-refractivity contribution in [1.82, 2.24) is 4.90 Å². The second-order valence-corrected chi connectivity index (χ2v) is 9.72. The van der Waals surface area contributed by atoms with Crippen LogP contribution in [-0.4, -0.2) is 54.7 Å². The lowest BCUT2D eigenvalue weighted by atomic mass is 9.84. The standard InChI is InChI=1S/C28H34Cl2N2O5/c1-4-25(30)31-16-19(2)24-15-26(33)32(17-23-7-5-13-36-23)20(3)27(24)28(34)37-18-21-8-10-22(11-9-21)35-14-6-12-29/h4,8-11,16,23-24H,2,5-7,12-15,17-18H2,1,3H3/b25-4-,31-16?/t23-,24+/m1/s1. The van der Waals surface area contributed by atoms with Crippen LogP contribution in [0.15, 0.2) is 63.9 Å². The van der Waals surface area contributed by atoms with Crippen LogP contribution in [-0.2, 0) is 25.7 Å². The highest BCUT2D eigenvalue weighted by Crippen LogP contribution is 2.34. The average Bonchev–Trinajstić information content (AvgIpc) is 3.42. The van der Waals surface area contributed by atoms with Crippen LogP contribution < -0.4 is 4.74 Å². The van der Waals surface area contributed by atoms with Gasteiger partial charge in [0.15, 0.2) is 0 Å². The number of esters is 1. The van der Waals surface area contributed by atoms with Crippen LogP contribution in [0.2, 0.25) is 0 Å². The molecule has 1 aromatic rings. The van der Waals surface area contributed by atoms with E-state index < -0.39 is 11.9 Å². The number of ether oxygens (including phenoxy) is 3. The van der Waals surface area contributed by atoms with Gasteiger partial charge in [0, 0.05) is 36.7 Å². The zero-order valence-electron chi connectivity index (χ0n) is 21.4. The topological polar surface area (TPSA) is 77.4 Å². The van der Waals surface area contributed by atoms with Crippen molar-refractivity contribution in [2.24, 2.45) is 10.9 Å². The molecule has 1 amide bonds. The second kappa shape index (κ2) is 14.4. The summed E-state index contributed by atoms with van der Waals surface area (Å²) in [5.74, 6) is 0.113. The summed E-state index contributed by atoms with van der Waals surface area (Å²) >= 11 is 11.7. The van der Waals surface area contributed by atoms with E-state index in [4.69, 9.17) is 37.4 Å². The molecule has 0 bridgehead atoms. The normalized spacial score (nSPS) is 20.6. The Morgan fingerprint density at radius 1 is 1.32 bits per heavy atom. The number of allylic oxidation sites excluding steroid dienone is 3. The molecule has 0 aromatic heterocycles. The van der Waals surface area contributed by atoms with Crippen molar-refractivity contribution in [2.45, 2.75) is 52.2 Å². The van der Waals surface area contributed by atoms with E-state index in [0.29, 0.717) is 47.6 Å². The van der Waals surface area contributed by atoms with Crippen molar-refractivity contribution in [2.75, 3.05) is 25.6 Å². The first-order valence-corrected chi connectivity index (χ1v) is 13.4. The Morgan fingerprint density at radius 3 is 2.73 bits per heavy atom. The largest absolute Gasteiger partial charge is 0.494 e. The number of rotatable bonds is 12. The molecule has 0 saturated carbocycles. The summed E-state index contributed by atoms with van der Waals surface area (Å²) in [7, 11) is 0. The van der Waals surface area contributed by atoms with Crippen LogP contribution in [0.25, 0.3) is 0 Å². The summed E-state index contributed by atoms with van der Waals surface area (Å²) in [5.41, 5.74) is 2.27. The van der Waals surface area contributed by atoms with Crippen LogP contribution in [0.3, 0.4) is 0 Å². The fraction of sp³-hybridized carbons (Fsp3) is 0.464. The third-order valence-corrected chi connectivity index (χ3v) is 6.92. The third kappa shape index (κ3) is 8.19. The first-order chi connectivity index (χ1) is 17.8. The first-order valence-electron chi connectivity index (χ1n) is 12.5. The Morgan fingerprint density at radius 2 is 2.08 bits per heavy atom. The Labute approximate surface area is 228 Å². The molecule has 1 fully saturated rings. The molecule has 2 atom stereocenters. The van der Waals surface area contributed by atoms with Crippen molar-refractivity contribution in [3.05, 3.63) is 64.5 Å². The van der Waals surface area contributed by atoms with Crippen molar-refractivity contribution >= 4 is 41.3 Å². The Balaban J connectivity index is 1.78. The maximum atomic E-state index is 13.4. The lowest BCUT2D eigenvalue weighted by Gasteiger charge is -2.35. The third-order valence-electron chi connectivity index (χ3n) is 6.33. The van der Waals surface area contributed by atoms with Gasteiger partial charge in [-0.05, 0) is 56.4 Å². The zero-order valence-corrected chi connectivity index (χ0v) is 22.9. The minimum absolute atomic E-state index is 0.0452.